The number of rotatable bonds is 4. The molecule has 0 saturated carbocycles. The molecule has 4 rings (SSSR count). The van der Waals surface area contributed by atoms with Crippen molar-refractivity contribution in [3.05, 3.63) is 35.9 Å². The zero-order chi connectivity index (χ0) is 18.9. The van der Waals surface area contributed by atoms with Crippen molar-refractivity contribution in [2.45, 2.75) is 31.3 Å². The third-order valence-corrected chi connectivity index (χ3v) is 7.96. The first-order valence-corrected chi connectivity index (χ1v) is 11.9. The first kappa shape index (κ1) is 18.9. The molecule has 2 atom stereocenters. The maximum Gasteiger partial charge on any atom is 0.244 e. The molecule has 6 nitrogen and oxygen atoms in total. The lowest BCUT2D eigenvalue weighted by molar-refractivity contribution is -0.137. The Bertz CT molecular complexity index is 754. The summed E-state index contributed by atoms with van der Waals surface area (Å²) in [5, 5.41) is 0. The predicted octanol–water partition coefficient (Wildman–Crippen LogP) is 1.15. The van der Waals surface area contributed by atoms with Gasteiger partial charge in [-0.3, -0.25) is 14.6 Å². The Morgan fingerprint density at radius 2 is 1.63 bits per heavy atom. The highest BCUT2D eigenvalue weighted by molar-refractivity contribution is 7.91. The molecule has 27 heavy (non-hydrogen) atoms. The molecule has 7 heteroatoms. The average Bonchev–Trinajstić information content (AvgIpc) is 3.33. The summed E-state index contributed by atoms with van der Waals surface area (Å²) in [4.78, 5) is 19.9. The van der Waals surface area contributed by atoms with E-state index in [0.29, 0.717) is 11.5 Å². The van der Waals surface area contributed by atoms with Gasteiger partial charge in [-0.2, -0.15) is 0 Å². The minimum absolute atomic E-state index is 0.154. The van der Waals surface area contributed by atoms with Crippen molar-refractivity contribution < 1.29 is 13.2 Å². The van der Waals surface area contributed by atoms with Gasteiger partial charge in [0.2, 0.25) is 5.91 Å². The maximum atomic E-state index is 13.3. The summed E-state index contributed by atoms with van der Waals surface area (Å²) in [7, 11) is -2.86. The van der Waals surface area contributed by atoms with E-state index in [1.54, 1.807) is 0 Å². The lowest BCUT2D eigenvalue weighted by Gasteiger charge is -2.41. The van der Waals surface area contributed by atoms with Crippen molar-refractivity contribution >= 4 is 15.7 Å². The number of hydrogen-bond acceptors (Lipinski definition) is 5. The number of carbonyl (C=O) groups excluding carboxylic acids is 1. The van der Waals surface area contributed by atoms with Gasteiger partial charge in [-0.15, -0.1) is 0 Å². The van der Waals surface area contributed by atoms with Crippen LogP contribution in [0, 0.1) is 0 Å². The van der Waals surface area contributed by atoms with Crippen LogP contribution in [0.2, 0.25) is 0 Å². The zero-order valence-corrected chi connectivity index (χ0v) is 16.6. The molecule has 3 fully saturated rings. The highest BCUT2D eigenvalue weighted by atomic mass is 32.2. The van der Waals surface area contributed by atoms with Crippen LogP contribution in [0.15, 0.2) is 30.3 Å². The van der Waals surface area contributed by atoms with Crippen molar-refractivity contribution in [3.8, 4) is 0 Å². The van der Waals surface area contributed by atoms with E-state index in [4.69, 9.17) is 0 Å². The van der Waals surface area contributed by atoms with Gasteiger partial charge in [0.1, 0.15) is 6.04 Å². The summed E-state index contributed by atoms with van der Waals surface area (Å²) in [6.45, 7) is 4.99. The Hall–Kier alpha value is -1.44. The Morgan fingerprint density at radius 3 is 2.22 bits per heavy atom. The van der Waals surface area contributed by atoms with Crippen LogP contribution in [0.25, 0.3) is 0 Å². The number of piperazine rings is 1. The number of benzene rings is 1. The molecule has 1 amide bonds. The van der Waals surface area contributed by atoms with Crippen molar-refractivity contribution in [1.82, 2.24) is 14.7 Å². The number of likely N-dealkylation sites (tertiary alicyclic amines) is 1. The van der Waals surface area contributed by atoms with Gasteiger partial charge < -0.3 is 4.90 Å². The van der Waals surface area contributed by atoms with E-state index < -0.39 is 9.84 Å². The minimum atomic E-state index is -2.86. The molecule has 0 aromatic heterocycles. The Morgan fingerprint density at radius 1 is 0.963 bits per heavy atom. The fraction of sp³-hybridized carbons (Fsp3) is 0.650. The summed E-state index contributed by atoms with van der Waals surface area (Å²) < 4.78 is 23.6. The van der Waals surface area contributed by atoms with Gasteiger partial charge in [-0.1, -0.05) is 30.3 Å². The molecule has 0 unspecified atom stereocenters. The average molecular weight is 392 g/mol. The Balaban J connectivity index is 1.46. The maximum absolute atomic E-state index is 13.3. The van der Waals surface area contributed by atoms with Crippen molar-refractivity contribution in [1.29, 1.82) is 0 Å². The molecule has 3 aliphatic heterocycles. The summed E-state index contributed by atoms with van der Waals surface area (Å²) in [5.41, 5.74) is 1.06. The topological polar surface area (TPSA) is 60.9 Å². The predicted molar refractivity (Wildman–Crippen MR) is 105 cm³/mol. The number of sulfone groups is 1. The van der Waals surface area contributed by atoms with Gasteiger partial charge >= 0.3 is 0 Å². The molecule has 1 aromatic rings. The summed E-state index contributed by atoms with van der Waals surface area (Å²) >= 11 is 0. The van der Waals surface area contributed by atoms with E-state index >= 15 is 0 Å². The van der Waals surface area contributed by atoms with E-state index in [1.807, 2.05) is 23.1 Å². The van der Waals surface area contributed by atoms with Gasteiger partial charge in [-0.05, 0) is 24.8 Å². The fourth-order valence-corrected chi connectivity index (χ4v) is 6.44. The van der Waals surface area contributed by atoms with E-state index in [2.05, 4.69) is 21.9 Å². The molecule has 0 radical (unpaired) electrons. The van der Waals surface area contributed by atoms with E-state index in [-0.39, 0.29) is 18.0 Å². The van der Waals surface area contributed by atoms with Crippen LogP contribution in [0.1, 0.15) is 30.9 Å². The van der Waals surface area contributed by atoms with Gasteiger partial charge in [0.15, 0.2) is 9.84 Å². The highest BCUT2D eigenvalue weighted by Gasteiger charge is 2.37. The van der Waals surface area contributed by atoms with Crippen LogP contribution in [0.3, 0.4) is 0 Å². The molecule has 1 aromatic carbocycles. The molecular weight excluding hydrogens is 362 g/mol. The molecule has 0 aliphatic carbocycles. The first-order valence-electron chi connectivity index (χ1n) is 10.1. The molecular formula is C20H29N3O3S. The summed E-state index contributed by atoms with van der Waals surface area (Å²) in [5.74, 6) is 0.829. The van der Waals surface area contributed by atoms with Crippen LogP contribution in [0.4, 0.5) is 0 Å². The van der Waals surface area contributed by atoms with Crippen LogP contribution >= 0.6 is 0 Å². The molecule has 3 heterocycles. The first-order chi connectivity index (χ1) is 13.0. The molecule has 0 N–H and O–H groups in total. The van der Waals surface area contributed by atoms with Gasteiger partial charge in [0.25, 0.3) is 0 Å². The van der Waals surface area contributed by atoms with Crippen molar-refractivity contribution in [2.75, 3.05) is 50.8 Å². The van der Waals surface area contributed by atoms with E-state index in [9.17, 15) is 13.2 Å². The van der Waals surface area contributed by atoms with Gasteiger partial charge in [0, 0.05) is 45.3 Å². The Labute approximate surface area is 162 Å². The van der Waals surface area contributed by atoms with Crippen molar-refractivity contribution in [2.24, 2.45) is 0 Å². The van der Waals surface area contributed by atoms with E-state index in [0.717, 1.165) is 64.1 Å². The second kappa shape index (κ2) is 7.89. The lowest BCUT2D eigenvalue weighted by atomic mass is 10.0. The second-order valence-electron chi connectivity index (χ2n) is 7.97. The van der Waals surface area contributed by atoms with Gasteiger partial charge in [-0.25, -0.2) is 8.42 Å². The second-order valence-corrected chi connectivity index (χ2v) is 10.2. The summed E-state index contributed by atoms with van der Waals surface area (Å²) in [6, 6.07) is 10.0. The van der Waals surface area contributed by atoms with Crippen LogP contribution in [0.5, 0.6) is 0 Å². The molecule has 148 valence electrons. The van der Waals surface area contributed by atoms with Crippen LogP contribution < -0.4 is 0 Å². The fourth-order valence-electron chi connectivity index (χ4n) is 4.68. The summed E-state index contributed by atoms with van der Waals surface area (Å²) in [6.07, 6.45) is 2.94. The molecule has 0 spiro atoms. The Kier molecular flexibility index (Phi) is 5.53. The van der Waals surface area contributed by atoms with Crippen LogP contribution in [-0.4, -0.2) is 85.8 Å². The minimum Gasteiger partial charge on any atom is -0.341 e. The third kappa shape index (κ3) is 4.20. The SMILES string of the molecule is O=C([C@@H](c1ccccc1)N1CCN([C@@H]2CCS(=O)(=O)C2)CC1)N1CCCC1. The van der Waals surface area contributed by atoms with Crippen molar-refractivity contribution in [3.63, 3.8) is 0 Å². The normalized spacial score (nSPS) is 27.7. The van der Waals surface area contributed by atoms with Gasteiger partial charge in [0.05, 0.1) is 11.5 Å². The number of hydrogen-bond donors (Lipinski definition) is 0. The highest BCUT2D eigenvalue weighted by Crippen LogP contribution is 2.28. The molecule has 0 bridgehead atoms. The van der Waals surface area contributed by atoms with Crippen LogP contribution in [-0.2, 0) is 14.6 Å². The van der Waals surface area contributed by atoms with E-state index in [1.165, 1.54) is 0 Å². The number of amides is 1. The largest absolute Gasteiger partial charge is 0.341 e. The number of nitrogens with zero attached hydrogens (tertiary/aromatic N) is 3. The smallest absolute Gasteiger partial charge is 0.244 e. The monoisotopic (exact) mass is 391 g/mol. The number of carbonyl (C=O) groups is 1. The quantitative estimate of drug-likeness (QED) is 0.771. The standard InChI is InChI=1S/C20H29N3O3S/c24-20(23-9-4-5-10-23)19(17-6-2-1-3-7-17)22-13-11-21(12-14-22)18-8-15-27(25,26)16-18/h1-3,6-7,18-19H,4-5,8-16H2/t18-,19-/m1/s1. The third-order valence-electron chi connectivity index (χ3n) is 6.21. The lowest BCUT2D eigenvalue weighted by Crippen LogP contribution is -2.54. The molecule has 3 saturated heterocycles. The zero-order valence-electron chi connectivity index (χ0n) is 15.8. The molecule has 3 aliphatic rings.